The van der Waals surface area contributed by atoms with Crippen molar-refractivity contribution in [3.63, 3.8) is 0 Å². The molecule has 0 aliphatic heterocycles. The van der Waals surface area contributed by atoms with Gasteiger partial charge < -0.3 is 37.3 Å². The molecule has 15 heteroatoms. The summed E-state index contributed by atoms with van der Waals surface area (Å²) >= 11 is 0. The molecule has 0 aromatic rings. The van der Waals surface area contributed by atoms with Gasteiger partial charge in [-0.3, -0.25) is 0 Å². The van der Waals surface area contributed by atoms with Gasteiger partial charge in [0, 0.05) is 12.6 Å². The molecular weight excluding hydrogens is 810 g/mol. The Hall–Kier alpha value is 4.48. The largest absolute Gasteiger partial charge is 1.00 e. The van der Waals surface area contributed by atoms with E-state index >= 15 is 0 Å². The van der Waals surface area contributed by atoms with Crippen molar-refractivity contribution in [3.8, 4) is 0 Å². The first-order valence-corrected chi connectivity index (χ1v) is 11.6. The summed E-state index contributed by atoms with van der Waals surface area (Å²) in [5.74, 6) is 0. The number of rotatable bonds is 6. The fourth-order valence-corrected chi connectivity index (χ4v) is 6.41. The number of aliphatic imine (C=N–C) groups is 2. The van der Waals surface area contributed by atoms with Crippen LogP contribution in [0.25, 0.3) is 0 Å². The number of carbonyl (C=O) groups is 2. The molecule has 2 fully saturated rings. The van der Waals surface area contributed by atoms with E-state index in [-0.39, 0.29) is 287 Å². The minimum Gasteiger partial charge on any atom is -1.00 e. The molecule has 0 bridgehead atoms. The Morgan fingerprint density at radius 1 is 0.825 bits per heavy atom. The van der Waals surface area contributed by atoms with Crippen LogP contribution in [0.3, 0.4) is 0 Å². The van der Waals surface area contributed by atoms with Crippen molar-refractivity contribution in [2.75, 3.05) is 13.1 Å². The number of hydrogen-bond acceptors (Lipinski definition) is 9. The Kier molecular flexibility index (Phi) is 37.5. The summed E-state index contributed by atoms with van der Waals surface area (Å²) in [5.41, 5.74) is -0.275. The van der Waals surface area contributed by atoms with Crippen molar-refractivity contribution in [2.45, 2.75) is 99.6 Å². The first kappa shape index (κ1) is 56.8. The number of nitrogens with one attached hydrogen (secondary N) is 2. The van der Waals surface area contributed by atoms with E-state index in [2.05, 4.69) is 41.4 Å². The molecule has 2 aliphatic carbocycles. The van der Waals surface area contributed by atoms with Crippen LogP contribution in [0.5, 0.6) is 0 Å². The SMILES string of the molecule is C.CC1(C)CC(N=C=O)CC(C)(CN=C=O)C1.CC1(C)CC(NC(=O)[O-])CC(C)(CNC(=O)[O-])C1.[H-].[OH-].[Rb+].[Rb+].[Rb+].[Rb+]. The van der Waals surface area contributed by atoms with E-state index in [4.69, 9.17) is 0 Å². The normalized spacial score (nSPS) is 26.6. The zero-order valence-electron chi connectivity index (χ0n) is 26.6. The maximum atomic E-state index is 10.6. The van der Waals surface area contributed by atoms with Gasteiger partial charge in [-0.05, 0) is 60.2 Å². The smallest absolute Gasteiger partial charge is 1.00 e. The van der Waals surface area contributed by atoms with Crippen LogP contribution in [-0.2, 0) is 9.59 Å². The van der Waals surface area contributed by atoms with Gasteiger partial charge in [-0.1, -0.05) is 49.0 Å². The quantitative estimate of drug-likeness (QED) is 0.196. The monoisotopic (exact) mass is 852 g/mol. The van der Waals surface area contributed by atoms with Crippen LogP contribution in [-0.4, -0.2) is 55.0 Å². The second kappa shape index (κ2) is 26.4. The Balaban J connectivity index is -0.0000000967. The molecule has 0 spiro atoms. The summed E-state index contributed by atoms with van der Waals surface area (Å²) in [5, 5.41) is 25.8. The second-order valence-electron chi connectivity index (χ2n) is 12.2. The Morgan fingerprint density at radius 2 is 1.32 bits per heavy atom. The average Bonchev–Trinajstić information content (AvgIpc) is 2.62. The van der Waals surface area contributed by atoms with Crippen molar-refractivity contribution < 1.29 is 269 Å². The Morgan fingerprint density at radius 3 is 1.77 bits per heavy atom. The number of carbonyl (C=O) groups excluding carboxylic acids is 4. The third-order valence-electron chi connectivity index (χ3n) is 6.61. The van der Waals surface area contributed by atoms with Crippen molar-refractivity contribution >= 4 is 24.3 Å². The molecular formula is C25H44N4O7Rb4. The van der Waals surface area contributed by atoms with Crippen molar-refractivity contribution in [2.24, 2.45) is 31.6 Å². The van der Waals surface area contributed by atoms with Gasteiger partial charge in [-0.25, -0.2) is 19.6 Å². The van der Waals surface area contributed by atoms with Crippen LogP contribution in [0.1, 0.15) is 88.9 Å². The molecule has 40 heavy (non-hydrogen) atoms. The Bertz CT molecular complexity index is 860. The number of amides is 2. The summed E-state index contributed by atoms with van der Waals surface area (Å²) < 4.78 is 0. The molecule has 11 nitrogen and oxygen atoms in total. The third-order valence-corrected chi connectivity index (χ3v) is 6.61. The van der Waals surface area contributed by atoms with Crippen molar-refractivity contribution in [1.29, 1.82) is 0 Å². The van der Waals surface area contributed by atoms with E-state index < -0.39 is 12.2 Å². The molecule has 210 valence electrons. The van der Waals surface area contributed by atoms with Gasteiger partial charge >= 0.3 is 233 Å². The van der Waals surface area contributed by atoms with Crippen LogP contribution in [0.2, 0.25) is 0 Å². The maximum absolute atomic E-state index is 10.6. The number of nitrogens with zero attached hydrogens (tertiary/aromatic N) is 2. The number of carboxylic acid groups (broad SMARTS) is 2. The zero-order chi connectivity index (χ0) is 26.2. The van der Waals surface area contributed by atoms with E-state index in [1.807, 2.05) is 20.8 Å². The average molecular weight is 855 g/mol. The minimum atomic E-state index is -1.30. The molecule has 0 saturated heterocycles. The van der Waals surface area contributed by atoms with Crippen LogP contribution < -0.4 is 254 Å². The molecule has 0 aromatic carbocycles. The van der Waals surface area contributed by atoms with Gasteiger partial charge in [0.1, 0.15) is 12.2 Å². The molecule has 3 N–H and O–H groups in total. The molecule has 2 amide bonds. The third kappa shape index (κ3) is 24.6. The number of isocyanates is 2. The first-order valence-electron chi connectivity index (χ1n) is 11.6. The standard InChI is InChI=1S/C12H22N2O4.C12H18N2O2.CH4.H2O.4Rb.H/c1-11(2)4-8(14-10(17)18)5-12(3,6-11)7-13-9(15)16;1-11(2)4-10(14-9-16)5-12(3,6-11)7-13-8-15;;;;;;;/h8,13-14H,4-7H2,1-3H3,(H,15,16)(H,17,18);10H,4-7H2,1-3H3;1H4;1H2;;;;;/q;;;;4*+1;-1/p-3. The zero-order valence-corrected chi connectivity index (χ0v) is 45.3. The van der Waals surface area contributed by atoms with Crippen LogP contribution in [0, 0.1) is 21.7 Å². The van der Waals surface area contributed by atoms with Crippen molar-refractivity contribution in [1.82, 2.24) is 10.6 Å². The van der Waals surface area contributed by atoms with E-state index in [1.165, 1.54) is 0 Å². The van der Waals surface area contributed by atoms with Crippen LogP contribution in [0.15, 0.2) is 9.98 Å². The first-order chi connectivity index (χ1) is 15.5. The van der Waals surface area contributed by atoms with Gasteiger partial charge in [0.05, 0.1) is 12.6 Å². The van der Waals surface area contributed by atoms with Gasteiger partial charge in [0.25, 0.3) is 0 Å². The fourth-order valence-electron chi connectivity index (χ4n) is 6.41. The summed E-state index contributed by atoms with van der Waals surface area (Å²) in [4.78, 5) is 49.1. The molecule has 0 radical (unpaired) electrons. The summed E-state index contributed by atoms with van der Waals surface area (Å²) in [7, 11) is 0. The van der Waals surface area contributed by atoms with E-state index in [0.717, 1.165) is 32.1 Å². The van der Waals surface area contributed by atoms with Gasteiger partial charge in [0.2, 0.25) is 12.2 Å². The molecule has 2 aliphatic rings. The molecule has 0 aromatic heterocycles. The van der Waals surface area contributed by atoms with Gasteiger partial charge in [-0.2, -0.15) is 0 Å². The second-order valence-corrected chi connectivity index (χ2v) is 12.2. The van der Waals surface area contributed by atoms with E-state index in [1.54, 1.807) is 12.2 Å². The molecule has 2 saturated carbocycles. The van der Waals surface area contributed by atoms with Crippen molar-refractivity contribution in [3.05, 3.63) is 0 Å². The molecule has 4 atom stereocenters. The minimum absolute atomic E-state index is 0. The summed E-state index contributed by atoms with van der Waals surface area (Å²) in [6, 6.07) is -0.194. The summed E-state index contributed by atoms with van der Waals surface area (Å²) in [6.45, 7) is 13.2. The van der Waals surface area contributed by atoms with Crippen LogP contribution in [0.4, 0.5) is 9.59 Å². The molecule has 4 unspecified atom stereocenters. The van der Waals surface area contributed by atoms with Gasteiger partial charge in [-0.15, -0.1) is 0 Å². The predicted molar refractivity (Wildman–Crippen MR) is 132 cm³/mol. The molecule has 0 heterocycles. The topological polar surface area (TPSA) is 193 Å². The Labute approximate surface area is 437 Å². The summed E-state index contributed by atoms with van der Waals surface area (Å²) in [6.07, 6.45) is 5.43. The molecule has 2 rings (SSSR count). The maximum Gasteiger partial charge on any atom is 1.00 e. The number of hydrogen-bond donors (Lipinski definition) is 2. The van der Waals surface area contributed by atoms with Gasteiger partial charge in [0.15, 0.2) is 0 Å². The van der Waals surface area contributed by atoms with Crippen LogP contribution >= 0.6 is 0 Å². The predicted octanol–water partition coefficient (Wildman–Crippen LogP) is -9.73. The van der Waals surface area contributed by atoms with E-state index in [0.29, 0.717) is 13.0 Å². The van der Waals surface area contributed by atoms with E-state index in [9.17, 15) is 29.4 Å². The fraction of sp³-hybridized carbons (Fsp3) is 0.840.